The lowest BCUT2D eigenvalue weighted by Crippen LogP contribution is -2.44. The molecule has 0 heterocycles. The maximum Gasteiger partial charge on any atom is 0.337 e. The molecule has 0 atom stereocenters. The van der Waals surface area contributed by atoms with E-state index in [1.807, 2.05) is 6.07 Å². The molecular formula is C15H14N4O4. The van der Waals surface area contributed by atoms with E-state index in [-0.39, 0.29) is 12.1 Å². The topological polar surface area (TPSA) is 113 Å². The van der Waals surface area contributed by atoms with Gasteiger partial charge in [-0.3, -0.25) is 20.3 Å². The summed E-state index contributed by atoms with van der Waals surface area (Å²) < 4.78 is 0. The number of carbonyl (C=O) groups is 2. The normalized spacial score (nSPS) is 9.74. The molecule has 0 fully saturated rings. The molecule has 23 heavy (non-hydrogen) atoms. The van der Waals surface area contributed by atoms with Crippen molar-refractivity contribution in [1.82, 2.24) is 10.9 Å². The van der Waals surface area contributed by atoms with E-state index in [4.69, 9.17) is 0 Å². The van der Waals surface area contributed by atoms with Gasteiger partial charge < -0.3 is 5.32 Å². The summed E-state index contributed by atoms with van der Waals surface area (Å²) in [6.07, 6.45) is -0.0103. The highest BCUT2D eigenvalue weighted by atomic mass is 16.6. The maximum absolute atomic E-state index is 11.7. The molecule has 0 aromatic heterocycles. The number of nitrogens with one attached hydrogen (secondary N) is 3. The van der Waals surface area contributed by atoms with Crippen molar-refractivity contribution in [2.45, 2.75) is 6.42 Å². The molecule has 2 aromatic carbocycles. The van der Waals surface area contributed by atoms with Gasteiger partial charge in [-0.2, -0.15) is 0 Å². The van der Waals surface area contributed by atoms with E-state index >= 15 is 0 Å². The molecule has 0 bridgehead atoms. The van der Waals surface area contributed by atoms with Crippen molar-refractivity contribution in [2.24, 2.45) is 0 Å². The van der Waals surface area contributed by atoms with Gasteiger partial charge in [0.2, 0.25) is 5.91 Å². The van der Waals surface area contributed by atoms with Crippen molar-refractivity contribution >= 4 is 23.3 Å². The minimum absolute atomic E-state index is 0.0103. The number of hydrogen-bond donors (Lipinski definition) is 3. The molecular weight excluding hydrogens is 300 g/mol. The second kappa shape index (κ2) is 7.55. The van der Waals surface area contributed by atoms with Crippen LogP contribution in [0.3, 0.4) is 0 Å². The Morgan fingerprint density at radius 3 is 2.22 bits per heavy atom. The first-order valence-electron chi connectivity index (χ1n) is 6.69. The molecule has 118 valence electrons. The van der Waals surface area contributed by atoms with Gasteiger partial charge in [0.1, 0.15) is 0 Å². The van der Waals surface area contributed by atoms with Crippen molar-refractivity contribution in [2.75, 3.05) is 5.32 Å². The Morgan fingerprint density at radius 1 is 0.957 bits per heavy atom. The second-order valence-electron chi connectivity index (χ2n) is 4.59. The lowest BCUT2D eigenvalue weighted by Gasteiger charge is -2.09. The first kappa shape index (κ1) is 16.0. The lowest BCUT2D eigenvalue weighted by molar-refractivity contribution is -0.384. The third kappa shape index (κ3) is 5.12. The number of carbonyl (C=O) groups excluding carboxylic acids is 2. The molecule has 0 saturated carbocycles. The smallest absolute Gasteiger partial charge is 0.307 e. The van der Waals surface area contributed by atoms with Crippen molar-refractivity contribution in [3.63, 3.8) is 0 Å². The Kier molecular flexibility index (Phi) is 5.24. The van der Waals surface area contributed by atoms with Crippen LogP contribution in [0.1, 0.15) is 5.56 Å². The highest BCUT2D eigenvalue weighted by Crippen LogP contribution is 2.12. The number of para-hydroxylation sites is 1. The largest absolute Gasteiger partial charge is 0.337 e. The minimum atomic E-state index is -0.576. The maximum atomic E-state index is 11.7. The number of amides is 3. The molecule has 8 nitrogen and oxygen atoms in total. The molecule has 0 saturated heterocycles. The first-order chi connectivity index (χ1) is 11.0. The van der Waals surface area contributed by atoms with Crippen LogP contribution in [0.15, 0.2) is 54.6 Å². The summed E-state index contributed by atoms with van der Waals surface area (Å²) in [7, 11) is 0. The minimum Gasteiger partial charge on any atom is -0.307 e. The van der Waals surface area contributed by atoms with Gasteiger partial charge in [0, 0.05) is 17.8 Å². The zero-order chi connectivity index (χ0) is 16.7. The summed E-state index contributed by atoms with van der Waals surface area (Å²) in [5, 5.41) is 13.1. The van der Waals surface area contributed by atoms with Crippen LogP contribution in [0.4, 0.5) is 16.2 Å². The van der Waals surface area contributed by atoms with E-state index in [0.717, 1.165) is 0 Å². The van der Waals surface area contributed by atoms with Crippen molar-refractivity contribution in [1.29, 1.82) is 0 Å². The number of anilines is 1. The number of urea groups is 1. The van der Waals surface area contributed by atoms with Gasteiger partial charge >= 0.3 is 6.03 Å². The van der Waals surface area contributed by atoms with E-state index in [1.165, 1.54) is 24.3 Å². The highest BCUT2D eigenvalue weighted by Gasteiger charge is 2.08. The SMILES string of the molecule is O=C(Cc1ccc([N+](=O)[O-])cc1)NNC(=O)Nc1ccccc1. The van der Waals surface area contributed by atoms with Crippen LogP contribution in [0, 0.1) is 10.1 Å². The van der Waals surface area contributed by atoms with Crippen molar-refractivity contribution in [3.05, 3.63) is 70.3 Å². The third-order valence-electron chi connectivity index (χ3n) is 2.86. The van der Waals surface area contributed by atoms with E-state index in [0.29, 0.717) is 11.3 Å². The number of hydrogen-bond acceptors (Lipinski definition) is 4. The van der Waals surface area contributed by atoms with E-state index in [9.17, 15) is 19.7 Å². The van der Waals surface area contributed by atoms with Gasteiger partial charge in [-0.05, 0) is 17.7 Å². The van der Waals surface area contributed by atoms with Crippen LogP contribution in [0.5, 0.6) is 0 Å². The van der Waals surface area contributed by atoms with Crippen LogP contribution >= 0.6 is 0 Å². The Bertz CT molecular complexity index is 701. The Balaban J connectivity index is 1.78. The van der Waals surface area contributed by atoms with E-state index < -0.39 is 16.9 Å². The molecule has 0 aliphatic heterocycles. The predicted molar refractivity (Wildman–Crippen MR) is 83.5 cm³/mol. The fourth-order valence-electron chi connectivity index (χ4n) is 1.78. The lowest BCUT2D eigenvalue weighted by atomic mass is 10.1. The van der Waals surface area contributed by atoms with E-state index in [2.05, 4.69) is 16.2 Å². The summed E-state index contributed by atoms with van der Waals surface area (Å²) >= 11 is 0. The van der Waals surface area contributed by atoms with Gasteiger partial charge in [-0.25, -0.2) is 10.2 Å². The number of nitro groups is 1. The van der Waals surface area contributed by atoms with Gasteiger partial charge in [0.25, 0.3) is 5.69 Å². The molecule has 8 heteroatoms. The monoisotopic (exact) mass is 314 g/mol. The van der Waals surface area contributed by atoms with Crippen LogP contribution in [-0.2, 0) is 11.2 Å². The molecule has 0 spiro atoms. The zero-order valence-corrected chi connectivity index (χ0v) is 12.0. The number of nitrogens with zero attached hydrogens (tertiary/aromatic N) is 1. The summed E-state index contributed by atoms with van der Waals surface area (Å²) in [6.45, 7) is 0. The number of benzene rings is 2. The molecule has 0 aliphatic carbocycles. The average molecular weight is 314 g/mol. The zero-order valence-electron chi connectivity index (χ0n) is 12.0. The van der Waals surface area contributed by atoms with Crippen molar-refractivity contribution in [3.8, 4) is 0 Å². The van der Waals surface area contributed by atoms with Gasteiger partial charge in [0.05, 0.1) is 11.3 Å². The van der Waals surface area contributed by atoms with Crippen LogP contribution < -0.4 is 16.2 Å². The molecule has 0 radical (unpaired) electrons. The van der Waals surface area contributed by atoms with Crippen LogP contribution in [0.25, 0.3) is 0 Å². The molecule has 2 aromatic rings. The number of nitro benzene ring substituents is 1. The van der Waals surface area contributed by atoms with E-state index in [1.54, 1.807) is 24.3 Å². The van der Waals surface area contributed by atoms with Gasteiger partial charge in [-0.15, -0.1) is 0 Å². The fraction of sp³-hybridized carbons (Fsp3) is 0.0667. The number of hydrazine groups is 1. The Morgan fingerprint density at radius 2 is 1.61 bits per heavy atom. The first-order valence-corrected chi connectivity index (χ1v) is 6.69. The second-order valence-corrected chi connectivity index (χ2v) is 4.59. The third-order valence-corrected chi connectivity index (χ3v) is 2.86. The summed E-state index contributed by atoms with van der Waals surface area (Å²) in [6, 6.07) is 13.8. The Labute approximate surface area is 131 Å². The summed E-state index contributed by atoms with van der Waals surface area (Å²) in [4.78, 5) is 33.3. The Hall–Kier alpha value is -3.42. The molecule has 3 N–H and O–H groups in total. The summed E-state index contributed by atoms with van der Waals surface area (Å²) in [5.41, 5.74) is 5.62. The molecule has 2 rings (SSSR count). The highest BCUT2D eigenvalue weighted by molar-refractivity contribution is 5.91. The van der Waals surface area contributed by atoms with Crippen LogP contribution in [0.2, 0.25) is 0 Å². The standard InChI is InChI=1S/C15H14N4O4/c20-14(10-11-6-8-13(9-7-11)19(22)23)17-18-15(21)16-12-4-2-1-3-5-12/h1-9H,10H2,(H,17,20)(H2,16,18,21). The number of non-ortho nitro benzene ring substituents is 1. The quantitative estimate of drug-likeness (QED) is 0.591. The summed E-state index contributed by atoms with van der Waals surface area (Å²) in [5.74, 6) is -0.443. The van der Waals surface area contributed by atoms with Crippen molar-refractivity contribution < 1.29 is 14.5 Å². The van der Waals surface area contributed by atoms with Gasteiger partial charge in [-0.1, -0.05) is 30.3 Å². The van der Waals surface area contributed by atoms with Gasteiger partial charge in [0.15, 0.2) is 0 Å². The predicted octanol–water partition coefficient (Wildman–Crippen LogP) is 1.99. The average Bonchev–Trinajstić information content (AvgIpc) is 2.54. The van der Waals surface area contributed by atoms with Crippen LogP contribution in [-0.4, -0.2) is 16.9 Å². The number of rotatable bonds is 4. The fourth-order valence-corrected chi connectivity index (χ4v) is 1.78. The molecule has 0 aliphatic rings. The molecule has 3 amide bonds. The molecule has 0 unspecified atom stereocenters.